The van der Waals surface area contributed by atoms with Crippen molar-refractivity contribution < 1.29 is 14.3 Å². The summed E-state index contributed by atoms with van der Waals surface area (Å²) in [6, 6.07) is 8.60. The monoisotopic (exact) mass is 422 g/mol. The molecule has 2 aromatic rings. The number of likely N-dealkylation sites (tertiary alicyclic amines) is 1. The Kier molecular flexibility index (Phi) is 5.25. The zero-order chi connectivity index (χ0) is 19.8. The van der Waals surface area contributed by atoms with Crippen LogP contribution in [0.4, 0.5) is 0 Å². The third-order valence-corrected chi connectivity index (χ3v) is 5.43. The Morgan fingerprint density at radius 3 is 2.57 bits per heavy atom. The highest BCUT2D eigenvalue weighted by Crippen LogP contribution is 2.35. The Labute approximate surface area is 172 Å². The Morgan fingerprint density at radius 1 is 1.18 bits per heavy atom. The van der Waals surface area contributed by atoms with E-state index in [4.69, 9.17) is 32.7 Å². The van der Waals surface area contributed by atoms with E-state index in [1.54, 1.807) is 23.1 Å². The number of rotatable bonds is 6. The van der Waals surface area contributed by atoms with Gasteiger partial charge in [0, 0.05) is 22.8 Å². The predicted molar refractivity (Wildman–Crippen MR) is 107 cm³/mol. The number of amides is 1. The van der Waals surface area contributed by atoms with Crippen LogP contribution in [-0.4, -0.2) is 41.2 Å². The van der Waals surface area contributed by atoms with Gasteiger partial charge in [-0.15, -0.1) is 0 Å². The molecule has 1 aromatic heterocycles. The summed E-state index contributed by atoms with van der Waals surface area (Å²) in [6.45, 7) is 2.73. The zero-order valence-electron chi connectivity index (χ0n) is 15.4. The van der Waals surface area contributed by atoms with Gasteiger partial charge in [-0.25, -0.2) is 0 Å². The molecule has 1 aliphatic carbocycles. The summed E-state index contributed by atoms with van der Waals surface area (Å²) in [5.74, 6) is 0.825. The van der Waals surface area contributed by atoms with Crippen molar-refractivity contribution in [1.82, 2.24) is 9.47 Å². The molecule has 0 unspecified atom stereocenters. The molecule has 6 nitrogen and oxygen atoms in total. The van der Waals surface area contributed by atoms with E-state index in [0.717, 1.165) is 18.5 Å². The van der Waals surface area contributed by atoms with Crippen LogP contribution in [0.25, 0.3) is 0 Å². The van der Waals surface area contributed by atoms with Crippen LogP contribution in [0.2, 0.25) is 10.0 Å². The minimum absolute atomic E-state index is 0.0296. The molecule has 2 heterocycles. The summed E-state index contributed by atoms with van der Waals surface area (Å²) in [6.07, 6.45) is 1.99. The van der Waals surface area contributed by atoms with Gasteiger partial charge in [-0.2, -0.15) is 0 Å². The third-order valence-electron chi connectivity index (χ3n) is 4.89. The molecule has 0 radical (unpaired) electrons. The van der Waals surface area contributed by atoms with Crippen LogP contribution in [-0.2, 0) is 4.79 Å². The van der Waals surface area contributed by atoms with Crippen molar-refractivity contribution in [2.75, 3.05) is 19.7 Å². The van der Waals surface area contributed by atoms with Gasteiger partial charge >= 0.3 is 0 Å². The fraction of sp³-hybridized carbons (Fsp3) is 0.400. The highest BCUT2D eigenvalue weighted by Gasteiger charge is 2.33. The average molecular weight is 423 g/mol. The number of aromatic nitrogens is 1. The van der Waals surface area contributed by atoms with E-state index in [0.29, 0.717) is 40.7 Å². The van der Waals surface area contributed by atoms with Crippen molar-refractivity contribution in [1.29, 1.82) is 0 Å². The number of carbonyl (C=O) groups is 1. The first-order chi connectivity index (χ1) is 13.4. The van der Waals surface area contributed by atoms with Gasteiger partial charge in [0.1, 0.15) is 17.6 Å². The maximum absolute atomic E-state index is 12.3. The number of ether oxygens (including phenoxy) is 2. The Morgan fingerprint density at radius 2 is 1.93 bits per heavy atom. The number of nitrogens with zero attached hydrogens (tertiary/aromatic N) is 2. The van der Waals surface area contributed by atoms with E-state index in [2.05, 4.69) is 0 Å². The molecule has 1 aromatic carbocycles. The number of halogens is 2. The lowest BCUT2D eigenvalue weighted by Gasteiger charge is -2.38. The maximum atomic E-state index is 12.3. The molecule has 148 valence electrons. The zero-order valence-corrected chi connectivity index (χ0v) is 16.9. The lowest BCUT2D eigenvalue weighted by molar-refractivity contribution is -0.142. The first kappa shape index (κ1) is 19.2. The van der Waals surface area contributed by atoms with Crippen LogP contribution in [0.15, 0.2) is 35.1 Å². The Balaban J connectivity index is 1.27. The predicted octanol–water partition coefficient (Wildman–Crippen LogP) is 3.47. The van der Waals surface area contributed by atoms with Crippen LogP contribution in [0, 0.1) is 6.92 Å². The number of hydrogen-bond acceptors (Lipinski definition) is 4. The molecule has 1 saturated heterocycles. The van der Waals surface area contributed by atoms with Gasteiger partial charge < -0.3 is 18.9 Å². The summed E-state index contributed by atoms with van der Waals surface area (Å²) in [7, 11) is 0. The van der Waals surface area contributed by atoms with Gasteiger partial charge in [0.25, 0.3) is 11.5 Å². The second-order valence-electron chi connectivity index (χ2n) is 7.17. The SMILES string of the molecule is Cc1cc(OC2CN(C(=O)COc3ccc(Cl)cc3Cl)C2)cc(=O)n1C1CC1. The average Bonchev–Trinajstić information content (AvgIpc) is 3.41. The van der Waals surface area contributed by atoms with E-state index in [-0.39, 0.29) is 24.2 Å². The molecule has 0 atom stereocenters. The minimum Gasteiger partial charge on any atom is -0.486 e. The molecular formula is C20H20Cl2N2O4. The van der Waals surface area contributed by atoms with Crippen LogP contribution in [0.5, 0.6) is 11.5 Å². The smallest absolute Gasteiger partial charge is 0.260 e. The fourth-order valence-electron chi connectivity index (χ4n) is 3.28. The molecule has 4 rings (SSSR count). The molecule has 8 heteroatoms. The number of pyridine rings is 1. The van der Waals surface area contributed by atoms with Gasteiger partial charge in [-0.1, -0.05) is 23.2 Å². The number of hydrogen-bond donors (Lipinski definition) is 0. The van der Waals surface area contributed by atoms with Crippen molar-refractivity contribution in [2.45, 2.75) is 31.9 Å². The fourth-order valence-corrected chi connectivity index (χ4v) is 3.75. The molecule has 28 heavy (non-hydrogen) atoms. The number of aryl methyl sites for hydroxylation is 1. The van der Waals surface area contributed by atoms with Crippen molar-refractivity contribution in [3.05, 3.63) is 56.4 Å². The lowest BCUT2D eigenvalue weighted by Crippen LogP contribution is -2.57. The minimum atomic E-state index is -0.147. The summed E-state index contributed by atoms with van der Waals surface area (Å²) in [5, 5.41) is 0.868. The maximum Gasteiger partial charge on any atom is 0.260 e. The molecule has 2 aliphatic rings. The molecule has 1 aliphatic heterocycles. The second-order valence-corrected chi connectivity index (χ2v) is 8.02. The van der Waals surface area contributed by atoms with Crippen molar-refractivity contribution >= 4 is 29.1 Å². The van der Waals surface area contributed by atoms with Gasteiger partial charge in [-0.05, 0) is 44.0 Å². The standard InChI is InChI=1S/C20H20Cl2N2O4/c1-12-6-15(8-19(25)24(12)14-3-4-14)28-16-9-23(10-16)20(26)11-27-18-5-2-13(21)7-17(18)22/h2,5-8,14,16H,3-4,9-11H2,1H3. The molecule has 2 fully saturated rings. The lowest BCUT2D eigenvalue weighted by atomic mass is 10.1. The second kappa shape index (κ2) is 7.68. The van der Waals surface area contributed by atoms with Crippen molar-refractivity contribution in [2.24, 2.45) is 0 Å². The Hall–Kier alpha value is -2.18. The first-order valence-corrected chi connectivity index (χ1v) is 9.92. The van der Waals surface area contributed by atoms with Gasteiger partial charge in [0.2, 0.25) is 0 Å². The van der Waals surface area contributed by atoms with Crippen LogP contribution in [0.1, 0.15) is 24.6 Å². The molecule has 1 amide bonds. The molecule has 1 saturated carbocycles. The van der Waals surface area contributed by atoms with Gasteiger partial charge in [0.05, 0.1) is 18.1 Å². The van der Waals surface area contributed by atoms with E-state index < -0.39 is 0 Å². The highest BCUT2D eigenvalue weighted by molar-refractivity contribution is 6.35. The topological polar surface area (TPSA) is 60.8 Å². The van der Waals surface area contributed by atoms with Gasteiger partial charge in [-0.3, -0.25) is 9.59 Å². The van der Waals surface area contributed by atoms with Crippen LogP contribution >= 0.6 is 23.2 Å². The Bertz CT molecular complexity index is 965. The normalized spacial score (nSPS) is 16.6. The summed E-state index contributed by atoms with van der Waals surface area (Å²) in [5.41, 5.74) is 0.878. The molecular weight excluding hydrogens is 403 g/mol. The molecule has 0 N–H and O–H groups in total. The van der Waals surface area contributed by atoms with E-state index in [1.807, 2.05) is 17.6 Å². The number of benzene rings is 1. The van der Waals surface area contributed by atoms with E-state index in [9.17, 15) is 9.59 Å². The summed E-state index contributed by atoms with van der Waals surface area (Å²) >= 11 is 11.9. The van der Waals surface area contributed by atoms with Crippen molar-refractivity contribution in [3.8, 4) is 11.5 Å². The number of carbonyl (C=O) groups excluding carboxylic acids is 1. The highest BCUT2D eigenvalue weighted by atomic mass is 35.5. The van der Waals surface area contributed by atoms with Crippen LogP contribution in [0.3, 0.4) is 0 Å². The largest absolute Gasteiger partial charge is 0.486 e. The summed E-state index contributed by atoms with van der Waals surface area (Å²) < 4.78 is 13.2. The van der Waals surface area contributed by atoms with Crippen LogP contribution < -0.4 is 15.0 Å². The molecule has 0 spiro atoms. The first-order valence-electron chi connectivity index (χ1n) is 9.16. The van der Waals surface area contributed by atoms with E-state index >= 15 is 0 Å². The van der Waals surface area contributed by atoms with Crippen molar-refractivity contribution in [3.63, 3.8) is 0 Å². The quantitative estimate of drug-likeness (QED) is 0.714. The van der Waals surface area contributed by atoms with Gasteiger partial charge in [0.15, 0.2) is 6.61 Å². The summed E-state index contributed by atoms with van der Waals surface area (Å²) in [4.78, 5) is 26.1. The molecule has 0 bridgehead atoms. The third kappa shape index (κ3) is 4.13. The van der Waals surface area contributed by atoms with E-state index in [1.165, 1.54) is 6.07 Å².